The highest BCUT2D eigenvalue weighted by molar-refractivity contribution is 5.77. The third kappa shape index (κ3) is 4.27. The zero-order valence-electron chi connectivity index (χ0n) is 22.4. The number of piperidine rings is 1. The van der Waals surface area contributed by atoms with Crippen LogP contribution in [0.15, 0.2) is 0 Å². The van der Waals surface area contributed by atoms with E-state index >= 15 is 0 Å². The van der Waals surface area contributed by atoms with Crippen LogP contribution in [0.3, 0.4) is 0 Å². The van der Waals surface area contributed by atoms with Crippen LogP contribution < -0.4 is 0 Å². The molecular weight excluding hydrogens is 410 g/mol. The second kappa shape index (κ2) is 9.19. The SMILES string of the molecule is CC(=O)O[C@H]1C[C@H]2N(C)C(=O)CC[C@]2(C)[C@H]2CC[C@]3(C)[C@@H]([C@H](C)CCCC(C)C)CC[C@H]3[C@H]12. The Kier molecular flexibility index (Phi) is 6.97. The summed E-state index contributed by atoms with van der Waals surface area (Å²) in [6.45, 7) is 13.8. The largest absolute Gasteiger partial charge is 0.462 e. The Balaban J connectivity index is 1.60. The van der Waals surface area contributed by atoms with Gasteiger partial charge < -0.3 is 9.64 Å². The minimum atomic E-state index is -0.156. The molecule has 0 aromatic rings. The summed E-state index contributed by atoms with van der Waals surface area (Å²) in [6, 6.07) is 0.195. The molecule has 0 unspecified atom stereocenters. The second-order valence-corrected chi connectivity index (χ2v) is 13.2. The molecular formula is C29H49NO3. The van der Waals surface area contributed by atoms with Gasteiger partial charge in [-0.25, -0.2) is 0 Å². The third-order valence-corrected chi connectivity index (χ3v) is 11.1. The van der Waals surface area contributed by atoms with E-state index in [1.807, 2.05) is 11.9 Å². The van der Waals surface area contributed by atoms with Gasteiger partial charge in [0.25, 0.3) is 0 Å². The number of rotatable bonds is 6. The first-order valence-corrected chi connectivity index (χ1v) is 13.9. The van der Waals surface area contributed by atoms with Crippen LogP contribution in [-0.2, 0) is 14.3 Å². The lowest BCUT2D eigenvalue weighted by Crippen LogP contribution is -2.65. The molecule has 4 fully saturated rings. The van der Waals surface area contributed by atoms with Gasteiger partial charge in [-0.1, -0.05) is 53.9 Å². The van der Waals surface area contributed by atoms with Crippen molar-refractivity contribution in [3.63, 3.8) is 0 Å². The second-order valence-electron chi connectivity index (χ2n) is 13.2. The predicted molar refractivity (Wildman–Crippen MR) is 132 cm³/mol. The minimum absolute atomic E-state index is 0.0430. The average Bonchev–Trinajstić information content (AvgIpc) is 3.09. The lowest BCUT2D eigenvalue weighted by molar-refractivity contribution is -0.195. The summed E-state index contributed by atoms with van der Waals surface area (Å²) in [5, 5.41) is 0. The van der Waals surface area contributed by atoms with Crippen LogP contribution in [0.1, 0.15) is 106 Å². The molecule has 1 saturated heterocycles. The zero-order valence-corrected chi connectivity index (χ0v) is 22.4. The van der Waals surface area contributed by atoms with Crippen molar-refractivity contribution in [2.24, 2.45) is 46.3 Å². The molecule has 0 radical (unpaired) electrons. The first kappa shape index (κ1) is 25.0. The Morgan fingerprint density at radius 3 is 2.42 bits per heavy atom. The van der Waals surface area contributed by atoms with Crippen molar-refractivity contribution in [2.75, 3.05) is 7.05 Å². The van der Waals surface area contributed by atoms with Gasteiger partial charge in [-0.2, -0.15) is 0 Å². The molecule has 1 heterocycles. The number of hydrogen-bond acceptors (Lipinski definition) is 3. The van der Waals surface area contributed by atoms with Gasteiger partial charge in [0.2, 0.25) is 5.91 Å². The lowest BCUT2D eigenvalue weighted by atomic mass is 9.45. The maximum Gasteiger partial charge on any atom is 0.302 e. The van der Waals surface area contributed by atoms with Crippen molar-refractivity contribution in [2.45, 2.75) is 118 Å². The number of carbonyl (C=O) groups excluding carboxylic acids is 2. The molecule has 3 aliphatic carbocycles. The normalized spacial score (nSPS) is 43.6. The smallest absolute Gasteiger partial charge is 0.302 e. The van der Waals surface area contributed by atoms with E-state index in [2.05, 4.69) is 34.6 Å². The predicted octanol–water partition coefficient (Wildman–Crippen LogP) is 6.47. The summed E-state index contributed by atoms with van der Waals surface area (Å²) in [4.78, 5) is 26.8. The fourth-order valence-corrected chi connectivity index (χ4v) is 9.42. The Bertz CT molecular complexity index is 749. The van der Waals surface area contributed by atoms with E-state index in [0.717, 1.165) is 30.6 Å². The van der Waals surface area contributed by atoms with E-state index < -0.39 is 0 Å². The number of amides is 1. The number of carbonyl (C=O) groups is 2. The first-order valence-electron chi connectivity index (χ1n) is 13.9. The lowest BCUT2D eigenvalue weighted by Gasteiger charge is -2.63. The quantitative estimate of drug-likeness (QED) is 0.428. The zero-order chi connectivity index (χ0) is 24.1. The molecule has 3 saturated carbocycles. The van der Waals surface area contributed by atoms with E-state index in [4.69, 9.17) is 4.74 Å². The van der Waals surface area contributed by atoms with Crippen molar-refractivity contribution in [3.05, 3.63) is 0 Å². The maximum absolute atomic E-state index is 12.6. The molecule has 1 amide bonds. The van der Waals surface area contributed by atoms with Crippen molar-refractivity contribution in [3.8, 4) is 0 Å². The molecule has 0 aromatic heterocycles. The molecule has 0 aromatic carbocycles. The van der Waals surface area contributed by atoms with Crippen molar-refractivity contribution >= 4 is 11.9 Å². The summed E-state index contributed by atoms with van der Waals surface area (Å²) in [5.74, 6) is 4.08. The van der Waals surface area contributed by atoms with Gasteiger partial charge in [-0.15, -0.1) is 0 Å². The Morgan fingerprint density at radius 1 is 1.06 bits per heavy atom. The van der Waals surface area contributed by atoms with Crippen LogP contribution in [0.4, 0.5) is 0 Å². The number of ether oxygens (including phenoxy) is 1. The number of likely N-dealkylation sites (tertiary alicyclic amines) is 1. The monoisotopic (exact) mass is 459 g/mol. The molecule has 1 aliphatic heterocycles. The standard InChI is InChI=1S/C29H49NO3/c1-18(2)9-8-10-19(3)21-11-12-22-27-23(13-15-28(21,22)5)29(6)16-14-26(32)30(7)25(29)17-24(27)33-20(4)31/h18-19,21-25,27H,8-17H2,1-7H3/t19-,21-,22+,23+,24+,25-,27+,28-,29-/m1/s1. The molecule has 4 aliphatic rings. The third-order valence-electron chi connectivity index (χ3n) is 11.1. The van der Waals surface area contributed by atoms with Gasteiger partial charge in [0.1, 0.15) is 6.10 Å². The molecule has 33 heavy (non-hydrogen) atoms. The Morgan fingerprint density at radius 2 is 1.76 bits per heavy atom. The van der Waals surface area contributed by atoms with E-state index in [-0.39, 0.29) is 29.4 Å². The average molecular weight is 460 g/mol. The summed E-state index contributed by atoms with van der Waals surface area (Å²) < 4.78 is 6.10. The maximum atomic E-state index is 12.6. The van der Waals surface area contributed by atoms with E-state index in [1.165, 1.54) is 44.9 Å². The van der Waals surface area contributed by atoms with Gasteiger partial charge in [0.15, 0.2) is 0 Å². The van der Waals surface area contributed by atoms with Crippen LogP contribution in [-0.4, -0.2) is 36.0 Å². The number of fused-ring (bicyclic) bond motifs is 5. The summed E-state index contributed by atoms with van der Waals surface area (Å²) in [6.07, 6.45) is 11.6. The van der Waals surface area contributed by atoms with Crippen molar-refractivity contribution < 1.29 is 14.3 Å². The van der Waals surface area contributed by atoms with Gasteiger partial charge >= 0.3 is 5.97 Å². The Hall–Kier alpha value is -1.06. The van der Waals surface area contributed by atoms with Gasteiger partial charge in [-0.05, 0) is 72.5 Å². The highest BCUT2D eigenvalue weighted by Gasteiger charge is 2.64. The highest BCUT2D eigenvalue weighted by Crippen LogP contribution is 2.67. The van der Waals surface area contributed by atoms with E-state index in [0.29, 0.717) is 29.6 Å². The summed E-state index contributed by atoms with van der Waals surface area (Å²) in [5.41, 5.74) is 0.503. The van der Waals surface area contributed by atoms with Crippen LogP contribution in [0, 0.1) is 46.3 Å². The molecule has 0 bridgehead atoms. The first-order chi connectivity index (χ1) is 15.5. The fraction of sp³-hybridized carbons (Fsp3) is 0.931. The molecule has 4 rings (SSSR count). The number of esters is 1. The van der Waals surface area contributed by atoms with Crippen molar-refractivity contribution in [1.29, 1.82) is 0 Å². The molecule has 4 nitrogen and oxygen atoms in total. The van der Waals surface area contributed by atoms with Crippen LogP contribution in [0.5, 0.6) is 0 Å². The van der Waals surface area contributed by atoms with Crippen molar-refractivity contribution in [1.82, 2.24) is 4.90 Å². The molecule has 188 valence electrons. The van der Waals surface area contributed by atoms with Crippen LogP contribution >= 0.6 is 0 Å². The number of hydrogen-bond donors (Lipinski definition) is 0. The van der Waals surface area contributed by atoms with Gasteiger partial charge in [0.05, 0.1) is 0 Å². The van der Waals surface area contributed by atoms with Crippen LogP contribution in [0.2, 0.25) is 0 Å². The minimum Gasteiger partial charge on any atom is -0.462 e. The Labute approximate surface area is 202 Å². The van der Waals surface area contributed by atoms with Gasteiger partial charge in [0, 0.05) is 38.8 Å². The summed E-state index contributed by atoms with van der Waals surface area (Å²) >= 11 is 0. The highest BCUT2D eigenvalue weighted by atomic mass is 16.5. The fourth-order valence-electron chi connectivity index (χ4n) is 9.42. The summed E-state index contributed by atoms with van der Waals surface area (Å²) in [7, 11) is 1.98. The molecule has 4 heteroatoms. The molecule has 0 spiro atoms. The van der Waals surface area contributed by atoms with Gasteiger partial charge in [-0.3, -0.25) is 9.59 Å². The van der Waals surface area contributed by atoms with E-state index in [1.54, 1.807) is 6.92 Å². The van der Waals surface area contributed by atoms with E-state index in [9.17, 15) is 9.59 Å². The van der Waals surface area contributed by atoms with Crippen LogP contribution in [0.25, 0.3) is 0 Å². The molecule has 0 N–H and O–H groups in total. The molecule has 9 atom stereocenters. The topological polar surface area (TPSA) is 46.6 Å². The number of nitrogens with zero attached hydrogens (tertiary/aromatic N) is 1.